The third-order valence-corrected chi connectivity index (χ3v) is 3.31. The maximum absolute atomic E-state index is 12.0. The summed E-state index contributed by atoms with van der Waals surface area (Å²) in [5.41, 5.74) is -0.0572. The number of nitrogens with zero attached hydrogens (tertiary/aromatic N) is 1. The van der Waals surface area contributed by atoms with Crippen LogP contribution < -0.4 is 10.2 Å². The molecular weight excluding hydrogens is 262 g/mol. The van der Waals surface area contributed by atoms with Crippen LogP contribution in [0.2, 0.25) is 0 Å². The summed E-state index contributed by atoms with van der Waals surface area (Å²) in [5, 5.41) is 13.6. The van der Waals surface area contributed by atoms with E-state index in [4.69, 9.17) is 4.74 Å². The number of hydrogen-bond acceptors (Lipinski definition) is 4. The molecule has 2 N–H and O–H groups in total. The van der Waals surface area contributed by atoms with Crippen molar-refractivity contribution in [3.8, 4) is 0 Å². The smallest absolute Gasteiger partial charge is 0.282 e. The first-order valence-corrected chi connectivity index (χ1v) is 6.61. The highest BCUT2D eigenvalue weighted by Crippen LogP contribution is 2.16. The van der Waals surface area contributed by atoms with E-state index in [0.717, 1.165) is 32.8 Å². The minimum atomic E-state index is -0.540. The number of nitro benzene ring substituents is 1. The zero-order valence-corrected chi connectivity index (χ0v) is 11.1. The topological polar surface area (TPSA) is 85.9 Å². The van der Waals surface area contributed by atoms with E-state index < -0.39 is 10.8 Å². The number of morpholine rings is 1. The lowest BCUT2D eigenvalue weighted by Crippen LogP contribution is -3.14. The first-order chi connectivity index (χ1) is 9.68. The predicted octanol–water partition coefficient (Wildman–Crippen LogP) is -0.760. The van der Waals surface area contributed by atoms with E-state index in [9.17, 15) is 14.9 Å². The van der Waals surface area contributed by atoms with Gasteiger partial charge in [-0.3, -0.25) is 14.9 Å². The molecule has 0 unspecified atom stereocenters. The molecule has 0 radical (unpaired) electrons. The van der Waals surface area contributed by atoms with E-state index in [1.807, 2.05) is 0 Å². The van der Waals surface area contributed by atoms with Gasteiger partial charge >= 0.3 is 0 Å². The van der Waals surface area contributed by atoms with Crippen LogP contribution in [0.3, 0.4) is 0 Å². The summed E-state index contributed by atoms with van der Waals surface area (Å²) in [6.45, 7) is 4.65. The Balaban J connectivity index is 1.87. The Morgan fingerprint density at radius 3 is 2.75 bits per heavy atom. The standard InChI is InChI=1S/C13H17N3O4/c17-13(11-3-1-2-4-12(11)16(18)19)14-5-6-15-7-9-20-10-8-15/h1-4H,5-10H2,(H,14,17)/p+1. The molecule has 0 aromatic heterocycles. The van der Waals surface area contributed by atoms with Gasteiger partial charge in [0.2, 0.25) is 0 Å². The Morgan fingerprint density at radius 2 is 2.05 bits per heavy atom. The number of carbonyl (C=O) groups excluding carboxylic acids is 1. The van der Waals surface area contributed by atoms with Crippen molar-refractivity contribution in [2.75, 3.05) is 39.4 Å². The largest absolute Gasteiger partial charge is 0.370 e. The van der Waals surface area contributed by atoms with Crippen LogP contribution in [0, 0.1) is 10.1 Å². The zero-order chi connectivity index (χ0) is 14.4. The van der Waals surface area contributed by atoms with Crippen LogP contribution >= 0.6 is 0 Å². The van der Waals surface area contributed by atoms with Gasteiger partial charge in [-0.15, -0.1) is 0 Å². The lowest BCUT2D eigenvalue weighted by molar-refractivity contribution is -0.906. The molecule has 2 rings (SSSR count). The van der Waals surface area contributed by atoms with Crippen LogP contribution in [-0.2, 0) is 4.74 Å². The molecule has 1 fully saturated rings. The Hall–Kier alpha value is -1.99. The van der Waals surface area contributed by atoms with Crippen LogP contribution in [-0.4, -0.2) is 50.2 Å². The molecule has 1 amide bonds. The minimum absolute atomic E-state index is 0.106. The fraction of sp³-hybridized carbons (Fsp3) is 0.462. The second-order valence-electron chi connectivity index (χ2n) is 4.64. The second-order valence-corrected chi connectivity index (χ2v) is 4.64. The van der Waals surface area contributed by atoms with Crippen LogP contribution in [0.5, 0.6) is 0 Å². The van der Waals surface area contributed by atoms with Gasteiger partial charge < -0.3 is 15.0 Å². The van der Waals surface area contributed by atoms with Crippen molar-refractivity contribution in [3.63, 3.8) is 0 Å². The Labute approximate surface area is 116 Å². The molecule has 1 aliphatic rings. The molecule has 1 aromatic carbocycles. The van der Waals surface area contributed by atoms with E-state index in [1.54, 1.807) is 12.1 Å². The minimum Gasteiger partial charge on any atom is -0.370 e. The van der Waals surface area contributed by atoms with E-state index in [0.29, 0.717) is 6.54 Å². The van der Waals surface area contributed by atoms with Crippen LogP contribution in [0.1, 0.15) is 10.4 Å². The third kappa shape index (κ3) is 3.75. The van der Waals surface area contributed by atoms with Crippen LogP contribution in [0.25, 0.3) is 0 Å². The quantitative estimate of drug-likeness (QED) is 0.548. The van der Waals surface area contributed by atoms with Crippen molar-refractivity contribution in [3.05, 3.63) is 39.9 Å². The van der Waals surface area contributed by atoms with E-state index >= 15 is 0 Å². The van der Waals surface area contributed by atoms with Crippen molar-refractivity contribution >= 4 is 11.6 Å². The highest BCUT2D eigenvalue weighted by molar-refractivity contribution is 5.98. The highest BCUT2D eigenvalue weighted by Gasteiger charge is 2.19. The summed E-state index contributed by atoms with van der Waals surface area (Å²) in [6, 6.07) is 5.97. The van der Waals surface area contributed by atoms with Crippen LogP contribution in [0.15, 0.2) is 24.3 Å². The summed E-state index contributed by atoms with van der Waals surface area (Å²) in [5.74, 6) is -0.398. The summed E-state index contributed by atoms with van der Waals surface area (Å²) < 4.78 is 5.26. The van der Waals surface area contributed by atoms with Gasteiger partial charge in [0.25, 0.3) is 11.6 Å². The van der Waals surface area contributed by atoms with Gasteiger partial charge in [-0.25, -0.2) is 0 Å². The Bertz CT molecular complexity index is 486. The summed E-state index contributed by atoms with van der Waals surface area (Å²) in [4.78, 5) is 23.7. The number of nitrogens with one attached hydrogen (secondary N) is 2. The molecule has 20 heavy (non-hydrogen) atoms. The predicted molar refractivity (Wildman–Crippen MR) is 71.8 cm³/mol. The fourth-order valence-corrected chi connectivity index (χ4v) is 2.18. The molecule has 0 spiro atoms. The molecule has 1 aromatic rings. The number of amides is 1. The molecule has 0 aliphatic carbocycles. The van der Waals surface area contributed by atoms with Gasteiger partial charge in [0.05, 0.1) is 31.2 Å². The van der Waals surface area contributed by atoms with E-state index in [2.05, 4.69) is 5.32 Å². The van der Waals surface area contributed by atoms with Gasteiger partial charge in [-0.2, -0.15) is 0 Å². The first-order valence-electron chi connectivity index (χ1n) is 6.61. The van der Waals surface area contributed by atoms with E-state index in [-0.39, 0.29) is 11.3 Å². The van der Waals surface area contributed by atoms with Crippen LogP contribution in [0.4, 0.5) is 5.69 Å². The fourth-order valence-electron chi connectivity index (χ4n) is 2.18. The van der Waals surface area contributed by atoms with Crippen molar-refractivity contribution in [1.82, 2.24) is 5.32 Å². The molecule has 108 valence electrons. The lowest BCUT2D eigenvalue weighted by atomic mass is 10.1. The monoisotopic (exact) mass is 280 g/mol. The SMILES string of the molecule is O=C(NCC[NH+]1CCOCC1)c1ccccc1[N+](=O)[O-]. The molecule has 0 bridgehead atoms. The molecular formula is C13H18N3O4+. The molecule has 1 saturated heterocycles. The zero-order valence-electron chi connectivity index (χ0n) is 11.1. The molecule has 7 heteroatoms. The number of rotatable bonds is 5. The van der Waals surface area contributed by atoms with Gasteiger partial charge in [-0.1, -0.05) is 12.1 Å². The first kappa shape index (κ1) is 14.4. The lowest BCUT2D eigenvalue weighted by Gasteiger charge is -2.23. The third-order valence-electron chi connectivity index (χ3n) is 3.31. The molecule has 1 heterocycles. The molecule has 0 atom stereocenters. The Morgan fingerprint density at radius 1 is 1.35 bits per heavy atom. The Kier molecular flexibility index (Phi) is 5.03. The normalized spacial score (nSPS) is 15.8. The van der Waals surface area contributed by atoms with Crippen molar-refractivity contribution < 1.29 is 19.4 Å². The number of nitro groups is 1. The van der Waals surface area contributed by atoms with E-state index in [1.165, 1.54) is 17.0 Å². The van der Waals surface area contributed by atoms with Gasteiger partial charge in [0.1, 0.15) is 18.7 Å². The maximum Gasteiger partial charge on any atom is 0.282 e. The maximum atomic E-state index is 12.0. The molecule has 1 aliphatic heterocycles. The number of para-hydroxylation sites is 1. The number of benzene rings is 1. The molecule has 0 saturated carbocycles. The van der Waals surface area contributed by atoms with Gasteiger partial charge in [0.15, 0.2) is 0 Å². The summed E-state index contributed by atoms with van der Waals surface area (Å²) in [6.07, 6.45) is 0. The highest BCUT2D eigenvalue weighted by atomic mass is 16.6. The average Bonchev–Trinajstić information content (AvgIpc) is 2.48. The number of carbonyl (C=O) groups is 1. The summed E-state index contributed by atoms with van der Waals surface area (Å²) >= 11 is 0. The number of ether oxygens (including phenoxy) is 1. The van der Waals surface area contributed by atoms with Gasteiger partial charge in [0, 0.05) is 6.07 Å². The molecule has 7 nitrogen and oxygen atoms in total. The number of quaternary nitrogens is 1. The van der Waals surface area contributed by atoms with Crippen molar-refractivity contribution in [1.29, 1.82) is 0 Å². The van der Waals surface area contributed by atoms with Crippen molar-refractivity contribution in [2.45, 2.75) is 0 Å². The van der Waals surface area contributed by atoms with Gasteiger partial charge in [-0.05, 0) is 6.07 Å². The number of hydrogen-bond donors (Lipinski definition) is 2. The second kappa shape index (κ2) is 6.97. The summed E-state index contributed by atoms with van der Waals surface area (Å²) in [7, 11) is 0. The van der Waals surface area contributed by atoms with Crippen molar-refractivity contribution in [2.24, 2.45) is 0 Å². The average molecular weight is 280 g/mol.